The highest BCUT2D eigenvalue weighted by Crippen LogP contribution is 2.26. The number of carboxylic acid groups (broad SMARTS) is 1. The van der Waals surface area contributed by atoms with Crippen LogP contribution in [0.5, 0.6) is 6.01 Å². The van der Waals surface area contributed by atoms with Crippen LogP contribution in [0.15, 0.2) is 54.9 Å². The van der Waals surface area contributed by atoms with E-state index in [1.54, 1.807) is 0 Å². The molecular weight excluding hydrogens is 356 g/mol. The third-order valence-electron chi connectivity index (χ3n) is 4.29. The first-order chi connectivity index (χ1) is 13.6. The van der Waals surface area contributed by atoms with E-state index in [0.717, 1.165) is 22.3 Å². The molecule has 0 amide bonds. The van der Waals surface area contributed by atoms with Crippen LogP contribution in [0.2, 0.25) is 0 Å². The van der Waals surface area contributed by atoms with Gasteiger partial charge in [-0.15, -0.1) is 0 Å². The highest BCUT2D eigenvalue weighted by Gasteiger charge is 2.08. The lowest BCUT2D eigenvalue weighted by molar-refractivity contribution is -0.137. The molecule has 0 fully saturated rings. The summed E-state index contributed by atoms with van der Waals surface area (Å²) in [6, 6.07) is 16.6. The number of benzene rings is 2. The van der Waals surface area contributed by atoms with Gasteiger partial charge in [0, 0.05) is 13.0 Å². The summed E-state index contributed by atoms with van der Waals surface area (Å²) in [5.41, 5.74) is 4.53. The van der Waals surface area contributed by atoms with Crippen LogP contribution in [-0.4, -0.2) is 32.6 Å². The van der Waals surface area contributed by atoms with Crippen LogP contribution in [0.1, 0.15) is 24.0 Å². The van der Waals surface area contributed by atoms with E-state index < -0.39 is 5.97 Å². The van der Waals surface area contributed by atoms with Gasteiger partial charge in [-0.05, 0) is 35.6 Å². The molecule has 7 nitrogen and oxygen atoms in total. The van der Waals surface area contributed by atoms with E-state index in [9.17, 15) is 4.79 Å². The average molecular weight is 378 g/mol. The molecule has 0 bridgehead atoms. The SMILES string of the molecule is Cc1c(COc2ncnc(NCCCC(=O)O)n2)cccc1-c1ccccc1. The van der Waals surface area contributed by atoms with Crippen LogP contribution in [0, 0.1) is 6.92 Å². The van der Waals surface area contributed by atoms with Crippen LogP contribution in [0.25, 0.3) is 11.1 Å². The molecule has 0 unspecified atom stereocenters. The topological polar surface area (TPSA) is 97.2 Å². The zero-order valence-electron chi connectivity index (χ0n) is 15.6. The van der Waals surface area contributed by atoms with Crippen molar-refractivity contribution < 1.29 is 14.6 Å². The summed E-state index contributed by atoms with van der Waals surface area (Å²) in [6.45, 7) is 2.88. The van der Waals surface area contributed by atoms with Gasteiger partial charge in [0.15, 0.2) is 0 Å². The predicted octanol–water partition coefficient (Wildman–Crippen LogP) is 3.70. The predicted molar refractivity (Wildman–Crippen MR) is 106 cm³/mol. The summed E-state index contributed by atoms with van der Waals surface area (Å²) in [6.07, 6.45) is 1.95. The van der Waals surface area contributed by atoms with Crippen molar-refractivity contribution in [2.24, 2.45) is 0 Å². The summed E-state index contributed by atoms with van der Waals surface area (Å²) in [5, 5.41) is 11.6. The first kappa shape index (κ1) is 19.3. The van der Waals surface area contributed by atoms with Crippen LogP contribution in [-0.2, 0) is 11.4 Å². The van der Waals surface area contributed by atoms with E-state index in [0.29, 0.717) is 25.5 Å². The molecule has 0 aliphatic carbocycles. The van der Waals surface area contributed by atoms with Crippen molar-refractivity contribution in [1.82, 2.24) is 15.0 Å². The van der Waals surface area contributed by atoms with Crippen molar-refractivity contribution in [3.8, 4) is 17.1 Å². The van der Waals surface area contributed by atoms with Gasteiger partial charge in [-0.1, -0.05) is 48.5 Å². The number of nitrogens with zero attached hydrogens (tertiary/aromatic N) is 3. The number of nitrogens with one attached hydrogen (secondary N) is 1. The van der Waals surface area contributed by atoms with Gasteiger partial charge in [0.2, 0.25) is 5.95 Å². The zero-order chi connectivity index (χ0) is 19.8. The molecule has 1 heterocycles. The number of hydrogen-bond acceptors (Lipinski definition) is 6. The quantitative estimate of drug-likeness (QED) is 0.548. The Morgan fingerprint density at radius 1 is 1.11 bits per heavy atom. The molecule has 0 radical (unpaired) electrons. The van der Waals surface area contributed by atoms with Crippen LogP contribution in [0.3, 0.4) is 0 Å². The lowest BCUT2D eigenvalue weighted by atomic mass is 9.97. The number of aliphatic carboxylic acids is 1. The fourth-order valence-corrected chi connectivity index (χ4v) is 2.79. The molecular formula is C21H22N4O3. The van der Waals surface area contributed by atoms with Gasteiger partial charge in [0.1, 0.15) is 12.9 Å². The number of aromatic nitrogens is 3. The third kappa shape index (κ3) is 5.26. The summed E-state index contributed by atoms with van der Waals surface area (Å²) >= 11 is 0. The summed E-state index contributed by atoms with van der Waals surface area (Å²) in [5.74, 6) is -0.459. The molecule has 0 aliphatic rings. The van der Waals surface area contributed by atoms with Gasteiger partial charge >= 0.3 is 12.0 Å². The highest BCUT2D eigenvalue weighted by atomic mass is 16.5. The lowest BCUT2D eigenvalue weighted by Crippen LogP contribution is -2.09. The van der Waals surface area contributed by atoms with Crippen LogP contribution >= 0.6 is 0 Å². The van der Waals surface area contributed by atoms with Gasteiger partial charge in [-0.25, -0.2) is 4.98 Å². The summed E-state index contributed by atoms with van der Waals surface area (Å²) in [4.78, 5) is 22.8. The average Bonchev–Trinajstić information content (AvgIpc) is 2.71. The number of carboxylic acids is 1. The number of ether oxygens (including phenoxy) is 1. The number of carbonyl (C=O) groups is 1. The van der Waals surface area contributed by atoms with Gasteiger partial charge in [-0.3, -0.25) is 4.79 Å². The molecule has 2 N–H and O–H groups in total. The Labute approximate surface area is 163 Å². The molecule has 0 spiro atoms. The van der Waals surface area contributed by atoms with E-state index in [-0.39, 0.29) is 12.4 Å². The van der Waals surface area contributed by atoms with Crippen LogP contribution in [0.4, 0.5) is 5.95 Å². The zero-order valence-corrected chi connectivity index (χ0v) is 15.6. The Bertz CT molecular complexity index is 932. The highest BCUT2D eigenvalue weighted by molar-refractivity contribution is 5.68. The molecule has 0 saturated carbocycles. The molecule has 28 heavy (non-hydrogen) atoms. The standard InChI is InChI=1S/C21H22N4O3/c1-15-17(9-5-10-18(15)16-7-3-2-4-8-16)13-28-21-24-14-23-20(25-21)22-12-6-11-19(26)27/h2-5,7-10,14H,6,11-13H2,1H3,(H,26,27)(H,22,23,24,25). The Hall–Kier alpha value is -3.48. The van der Waals surface area contributed by atoms with Gasteiger partial charge in [-0.2, -0.15) is 9.97 Å². The normalized spacial score (nSPS) is 10.5. The maximum atomic E-state index is 10.5. The van der Waals surface area contributed by atoms with E-state index >= 15 is 0 Å². The molecule has 7 heteroatoms. The van der Waals surface area contributed by atoms with E-state index in [1.807, 2.05) is 30.3 Å². The molecule has 3 rings (SSSR count). The Balaban J connectivity index is 1.63. The fraction of sp³-hybridized carbons (Fsp3) is 0.238. The van der Waals surface area contributed by atoms with Crippen molar-refractivity contribution in [2.45, 2.75) is 26.4 Å². The van der Waals surface area contributed by atoms with Crippen molar-refractivity contribution in [1.29, 1.82) is 0 Å². The fourth-order valence-electron chi connectivity index (χ4n) is 2.79. The van der Waals surface area contributed by atoms with Gasteiger partial charge in [0.25, 0.3) is 0 Å². The van der Waals surface area contributed by atoms with Crippen molar-refractivity contribution in [3.63, 3.8) is 0 Å². The second-order valence-corrected chi connectivity index (χ2v) is 6.26. The monoisotopic (exact) mass is 378 g/mol. The van der Waals surface area contributed by atoms with Crippen LogP contribution < -0.4 is 10.1 Å². The van der Waals surface area contributed by atoms with Gasteiger partial charge in [0.05, 0.1) is 0 Å². The van der Waals surface area contributed by atoms with E-state index in [2.05, 4.69) is 45.4 Å². The minimum Gasteiger partial charge on any atom is -0.481 e. The molecule has 0 atom stereocenters. The summed E-state index contributed by atoms with van der Waals surface area (Å²) in [7, 11) is 0. The molecule has 3 aromatic rings. The first-order valence-corrected chi connectivity index (χ1v) is 9.05. The molecule has 0 aliphatic heterocycles. The number of hydrogen-bond donors (Lipinski definition) is 2. The maximum absolute atomic E-state index is 10.5. The molecule has 144 valence electrons. The van der Waals surface area contributed by atoms with Gasteiger partial charge < -0.3 is 15.2 Å². The molecule has 0 saturated heterocycles. The number of rotatable bonds is 9. The minimum atomic E-state index is -0.824. The first-order valence-electron chi connectivity index (χ1n) is 9.05. The van der Waals surface area contributed by atoms with Crippen molar-refractivity contribution in [2.75, 3.05) is 11.9 Å². The second-order valence-electron chi connectivity index (χ2n) is 6.26. The minimum absolute atomic E-state index is 0.0957. The smallest absolute Gasteiger partial charge is 0.321 e. The van der Waals surface area contributed by atoms with E-state index in [4.69, 9.17) is 9.84 Å². The summed E-state index contributed by atoms with van der Waals surface area (Å²) < 4.78 is 5.75. The molecule has 2 aromatic carbocycles. The maximum Gasteiger partial charge on any atom is 0.321 e. The largest absolute Gasteiger partial charge is 0.481 e. The third-order valence-corrected chi connectivity index (χ3v) is 4.29. The van der Waals surface area contributed by atoms with Crippen molar-refractivity contribution >= 4 is 11.9 Å². The number of anilines is 1. The Morgan fingerprint density at radius 2 is 1.93 bits per heavy atom. The lowest BCUT2D eigenvalue weighted by Gasteiger charge is -2.12. The van der Waals surface area contributed by atoms with Crippen molar-refractivity contribution in [3.05, 3.63) is 66.0 Å². The molecule has 1 aromatic heterocycles. The Kier molecular flexibility index (Phi) is 6.51. The van der Waals surface area contributed by atoms with E-state index in [1.165, 1.54) is 6.33 Å². The Morgan fingerprint density at radius 3 is 2.71 bits per heavy atom. The second kappa shape index (κ2) is 9.45.